The smallest absolute Gasteiger partial charge is 0.157 e. The van der Waals surface area contributed by atoms with Gasteiger partial charge in [-0.1, -0.05) is 30.3 Å². The van der Waals surface area contributed by atoms with E-state index in [-0.39, 0.29) is 5.78 Å². The van der Waals surface area contributed by atoms with Crippen LogP contribution in [0.2, 0.25) is 0 Å². The number of ketones is 1. The maximum absolute atomic E-state index is 12.2. The molecule has 0 saturated heterocycles. The molecule has 0 aliphatic carbocycles. The van der Waals surface area contributed by atoms with Crippen molar-refractivity contribution in [2.75, 3.05) is 0 Å². The van der Waals surface area contributed by atoms with Crippen LogP contribution in [0.5, 0.6) is 0 Å². The first-order valence-electron chi connectivity index (χ1n) is 5.99. The van der Waals surface area contributed by atoms with Crippen LogP contribution in [-0.4, -0.2) is 5.78 Å². The molecule has 0 fully saturated rings. The summed E-state index contributed by atoms with van der Waals surface area (Å²) in [5, 5.41) is 4.10. The third-order valence-corrected chi connectivity index (χ3v) is 3.91. The van der Waals surface area contributed by atoms with E-state index in [0.717, 1.165) is 12.0 Å². The van der Waals surface area contributed by atoms with Gasteiger partial charge in [0.25, 0.3) is 0 Å². The zero-order valence-electron chi connectivity index (χ0n) is 10.4. The highest BCUT2D eigenvalue weighted by molar-refractivity contribution is 7.07. The van der Waals surface area contributed by atoms with E-state index in [1.165, 1.54) is 5.56 Å². The van der Waals surface area contributed by atoms with Gasteiger partial charge in [-0.15, -0.1) is 0 Å². The van der Waals surface area contributed by atoms with Crippen molar-refractivity contribution in [3.63, 3.8) is 0 Å². The summed E-state index contributed by atoms with van der Waals surface area (Å²) < 4.78 is 0. The Morgan fingerprint density at radius 1 is 1.28 bits per heavy atom. The summed E-state index contributed by atoms with van der Waals surface area (Å²) in [4.78, 5) is 12.2. The molecule has 1 atom stereocenters. The summed E-state index contributed by atoms with van der Waals surface area (Å²) in [6.45, 7) is 1.79. The van der Waals surface area contributed by atoms with Gasteiger partial charge in [-0.3, -0.25) is 4.79 Å². The zero-order chi connectivity index (χ0) is 13.0. The van der Waals surface area contributed by atoms with Gasteiger partial charge in [-0.25, -0.2) is 0 Å². The van der Waals surface area contributed by atoms with Crippen LogP contribution in [0.3, 0.4) is 0 Å². The largest absolute Gasteiger partial charge is 0.315 e. The number of thiophene rings is 1. The Kier molecular flexibility index (Phi) is 3.94. The highest BCUT2D eigenvalue weighted by Gasteiger charge is 2.29. The number of benzene rings is 1. The van der Waals surface area contributed by atoms with Crippen LogP contribution in [0.25, 0.3) is 0 Å². The Morgan fingerprint density at radius 2 is 2.00 bits per heavy atom. The first-order chi connectivity index (χ1) is 8.60. The fraction of sp³-hybridized carbons (Fsp3) is 0.267. The molecule has 0 aliphatic rings. The maximum Gasteiger partial charge on any atom is 0.157 e. The average Bonchev–Trinajstić information content (AvgIpc) is 2.90. The third-order valence-electron chi connectivity index (χ3n) is 3.17. The van der Waals surface area contributed by atoms with Gasteiger partial charge in [0.05, 0.1) is 5.54 Å². The molecule has 3 heteroatoms. The number of aryl methyl sites for hydroxylation is 1. The molecule has 0 spiro atoms. The standard InChI is InChI=1S/C15H17NOS/c1-15(16,13-5-3-2-4-6-13)14(17)8-7-12-9-10-18-11-12/h2-6,9-11H,7-8,16H2,1H3. The molecule has 0 bridgehead atoms. The van der Waals surface area contributed by atoms with Crippen molar-refractivity contribution < 1.29 is 4.79 Å². The first-order valence-corrected chi connectivity index (χ1v) is 6.94. The lowest BCUT2D eigenvalue weighted by molar-refractivity contribution is -0.123. The average molecular weight is 259 g/mol. The van der Waals surface area contributed by atoms with Crippen molar-refractivity contribution in [1.82, 2.24) is 0 Å². The molecule has 0 aliphatic heterocycles. The molecular formula is C15H17NOS. The lowest BCUT2D eigenvalue weighted by atomic mass is 9.86. The van der Waals surface area contributed by atoms with Gasteiger partial charge in [0.1, 0.15) is 0 Å². The maximum atomic E-state index is 12.2. The third kappa shape index (κ3) is 2.86. The summed E-state index contributed by atoms with van der Waals surface area (Å²) in [6.07, 6.45) is 1.25. The summed E-state index contributed by atoms with van der Waals surface area (Å²) >= 11 is 1.65. The summed E-state index contributed by atoms with van der Waals surface area (Å²) in [6, 6.07) is 11.6. The lowest BCUT2D eigenvalue weighted by Gasteiger charge is -2.23. The van der Waals surface area contributed by atoms with Crippen molar-refractivity contribution in [3.05, 3.63) is 58.3 Å². The minimum atomic E-state index is -0.892. The molecule has 2 aromatic rings. The van der Waals surface area contributed by atoms with Crippen molar-refractivity contribution in [3.8, 4) is 0 Å². The van der Waals surface area contributed by atoms with E-state index >= 15 is 0 Å². The van der Waals surface area contributed by atoms with E-state index in [0.29, 0.717) is 6.42 Å². The Labute approximate surface area is 111 Å². The number of nitrogens with two attached hydrogens (primary N) is 1. The van der Waals surface area contributed by atoms with Crippen LogP contribution in [0.4, 0.5) is 0 Å². The second-order valence-corrected chi connectivity index (χ2v) is 5.40. The van der Waals surface area contributed by atoms with E-state index in [1.54, 1.807) is 18.3 Å². The van der Waals surface area contributed by atoms with Crippen LogP contribution in [0.15, 0.2) is 47.2 Å². The second-order valence-electron chi connectivity index (χ2n) is 4.62. The first kappa shape index (κ1) is 13.0. The summed E-state index contributed by atoms with van der Waals surface area (Å²) in [5.41, 5.74) is 7.36. The van der Waals surface area contributed by atoms with Gasteiger partial charge in [0, 0.05) is 6.42 Å². The minimum Gasteiger partial charge on any atom is -0.315 e. The number of hydrogen-bond acceptors (Lipinski definition) is 3. The molecule has 2 N–H and O–H groups in total. The van der Waals surface area contributed by atoms with Gasteiger partial charge in [0.15, 0.2) is 5.78 Å². The molecule has 0 saturated carbocycles. The quantitative estimate of drug-likeness (QED) is 0.896. The summed E-state index contributed by atoms with van der Waals surface area (Å²) in [5.74, 6) is 0.0832. The minimum absolute atomic E-state index is 0.0832. The fourth-order valence-corrected chi connectivity index (χ4v) is 2.60. The molecule has 18 heavy (non-hydrogen) atoms. The Morgan fingerprint density at radius 3 is 2.61 bits per heavy atom. The predicted octanol–water partition coefficient (Wildman–Crippen LogP) is 3.12. The zero-order valence-corrected chi connectivity index (χ0v) is 11.2. The van der Waals surface area contributed by atoms with Crippen LogP contribution >= 0.6 is 11.3 Å². The molecule has 1 unspecified atom stereocenters. The normalized spacial score (nSPS) is 14.1. The summed E-state index contributed by atoms with van der Waals surface area (Å²) in [7, 11) is 0. The molecule has 2 rings (SSSR count). The van der Waals surface area contributed by atoms with E-state index < -0.39 is 5.54 Å². The van der Waals surface area contributed by atoms with E-state index in [2.05, 4.69) is 5.38 Å². The molecular weight excluding hydrogens is 242 g/mol. The van der Waals surface area contributed by atoms with Crippen LogP contribution < -0.4 is 5.73 Å². The molecule has 1 aromatic heterocycles. The number of hydrogen-bond donors (Lipinski definition) is 1. The number of carbonyl (C=O) groups excluding carboxylic acids is 1. The Balaban J connectivity index is 2.04. The van der Waals surface area contributed by atoms with E-state index in [1.807, 2.05) is 41.8 Å². The fourth-order valence-electron chi connectivity index (χ4n) is 1.90. The molecule has 2 nitrogen and oxygen atoms in total. The number of Topliss-reactive ketones (excluding diaryl/α,β-unsaturated/α-hetero) is 1. The Hall–Kier alpha value is -1.45. The number of carbonyl (C=O) groups is 1. The highest BCUT2D eigenvalue weighted by Crippen LogP contribution is 2.21. The van der Waals surface area contributed by atoms with Crippen molar-refractivity contribution >= 4 is 17.1 Å². The number of rotatable bonds is 5. The molecule has 0 amide bonds. The monoisotopic (exact) mass is 259 g/mol. The molecule has 94 valence electrons. The van der Waals surface area contributed by atoms with Crippen molar-refractivity contribution in [2.45, 2.75) is 25.3 Å². The van der Waals surface area contributed by atoms with E-state index in [4.69, 9.17) is 5.73 Å². The predicted molar refractivity (Wildman–Crippen MR) is 75.6 cm³/mol. The van der Waals surface area contributed by atoms with Crippen molar-refractivity contribution in [2.24, 2.45) is 5.73 Å². The SMILES string of the molecule is CC(N)(C(=O)CCc1ccsc1)c1ccccc1. The second kappa shape index (κ2) is 5.46. The molecule has 1 heterocycles. The lowest BCUT2D eigenvalue weighted by Crippen LogP contribution is -2.41. The van der Waals surface area contributed by atoms with Gasteiger partial charge < -0.3 is 5.73 Å². The Bertz CT molecular complexity index is 503. The van der Waals surface area contributed by atoms with Gasteiger partial charge in [0.2, 0.25) is 0 Å². The molecule has 0 radical (unpaired) electrons. The topological polar surface area (TPSA) is 43.1 Å². The highest BCUT2D eigenvalue weighted by atomic mass is 32.1. The van der Waals surface area contributed by atoms with Crippen molar-refractivity contribution in [1.29, 1.82) is 0 Å². The van der Waals surface area contributed by atoms with Gasteiger partial charge in [-0.2, -0.15) is 11.3 Å². The van der Waals surface area contributed by atoms with Gasteiger partial charge >= 0.3 is 0 Å². The molecule has 1 aromatic carbocycles. The van der Waals surface area contributed by atoms with Gasteiger partial charge in [-0.05, 0) is 41.3 Å². The van der Waals surface area contributed by atoms with Crippen LogP contribution in [-0.2, 0) is 16.8 Å². The van der Waals surface area contributed by atoms with E-state index in [9.17, 15) is 4.79 Å². The van der Waals surface area contributed by atoms with Crippen LogP contribution in [0.1, 0.15) is 24.5 Å². The van der Waals surface area contributed by atoms with Crippen LogP contribution in [0, 0.1) is 0 Å².